The van der Waals surface area contributed by atoms with E-state index in [1.165, 1.54) is 0 Å². The fourth-order valence-corrected chi connectivity index (χ4v) is 3.39. The van der Waals surface area contributed by atoms with E-state index in [9.17, 15) is 4.79 Å². The summed E-state index contributed by atoms with van der Waals surface area (Å²) in [5.41, 5.74) is 9.06. The molecular formula is C24H23N5O2. The van der Waals surface area contributed by atoms with Gasteiger partial charge in [0.15, 0.2) is 0 Å². The number of fused-ring (bicyclic) bond motifs is 1. The molecule has 7 nitrogen and oxygen atoms in total. The summed E-state index contributed by atoms with van der Waals surface area (Å²) in [4.78, 5) is 24.0. The predicted molar refractivity (Wildman–Crippen MR) is 122 cm³/mol. The first-order valence-corrected chi connectivity index (χ1v) is 10.0. The van der Waals surface area contributed by atoms with Crippen molar-refractivity contribution in [1.82, 2.24) is 15.0 Å². The number of nitrogens with two attached hydrogens (primary N) is 1. The molecule has 0 radical (unpaired) electrons. The summed E-state index contributed by atoms with van der Waals surface area (Å²) < 4.78 is 6.35. The van der Waals surface area contributed by atoms with Crippen LogP contribution in [0.25, 0.3) is 22.0 Å². The summed E-state index contributed by atoms with van der Waals surface area (Å²) in [7, 11) is 0. The molecule has 0 saturated heterocycles. The molecule has 2 aromatic heterocycles. The lowest BCUT2D eigenvalue weighted by Gasteiger charge is -2.16. The third-order valence-electron chi connectivity index (χ3n) is 4.92. The highest BCUT2D eigenvalue weighted by atomic mass is 16.5. The number of hydrogen-bond acceptors (Lipinski definition) is 7. The molecule has 0 fully saturated rings. The van der Waals surface area contributed by atoms with Gasteiger partial charge >= 0.3 is 0 Å². The maximum Gasteiger partial charge on any atom is 0.228 e. The molecule has 3 N–H and O–H groups in total. The molecule has 0 saturated carbocycles. The number of ether oxygens (including phenoxy) is 1. The van der Waals surface area contributed by atoms with Crippen molar-refractivity contribution in [2.75, 3.05) is 17.6 Å². The van der Waals surface area contributed by atoms with Crippen molar-refractivity contribution in [2.24, 2.45) is 0 Å². The van der Waals surface area contributed by atoms with Gasteiger partial charge in [0.25, 0.3) is 0 Å². The number of benzene rings is 2. The summed E-state index contributed by atoms with van der Waals surface area (Å²) in [5.74, 6) is 1.50. The van der Waals surface area contributed by atoms with Crippen LogP contribution in [-0.2, 0) is 4.79 Å². The van der Waals surface area contributed by atoms with Gasteiger partial charge in [0.05, 0.1) is 11.3 Å². The standard InChI is InChI=1S/C24H23N5O2/c1-15-8-9-17-18(5-3-7-20(17)26-13-10-16(2)30)22(15)31-23-19(6-4-12-27-23)21-11-14-28-24(25)29-21/h3-9,11-12,14,26H,10,13H2,1-2H3,(H2,25,28,29). The Kier molecular flexibility index (Phi) is 5.75. The largest absolute Gasteiger partial charge is 0.437 e. The first-order valence-electron chi connectivity index (χ1n) is 10.0. The SMILES string of the molecule is CC(=O)CCNc1cccc2c(Oc3ncccc3-c3ccnc(N)n3)c(C)ccc12. The zero-order chi connectivity index (χ0) is 21.8. The van der Waals surface area contributed by atoms with Gasteiger partial charge in [0.2, 0.25) is 11.8 Å². The second kappa shape index (κ2) is 8.79. The molecule has 156 valence electrons. The summed E-state index contributed by atoms with van der Waals surface area (Å²) in [6.07, 6.45) is 3.76. The first kappa shape index (κ1) is 20.3. The maximum atomic E-state index is 11.3. The van der Waals surface area contributed by atoms with Crippen molar-refractivity contribution >= 4 is 28.2 Å². The van der Waals surface area contributed by atoms with Crippen LogP contribution < -0.4 is 15.8 Å². The molecule has 0 aliphatic rings. The predicted octanol–water partition coefficient (Wildman–Crippen LogP) is 4.77. The highest BCUT2D eigenvalue weighted by molar-refractivity contribution is 5.98. The second-order valence-electron chi connectivity index (χ2n) is 7.25. The Morgan fingerprint density at radius 3 is 2.71 bits per heavy atom. The fraction of sp³-hybridized carbons (Fsp3) is 0.167. The Hall–Kier alpha value is -4.00. The number of aromatic nitrogens is 3. The smallest absolute Gasteiger partial charge is 0.228 e. The van der Waals surface area contributed by atoms with Gasteiger partial charge in [-0.25, -0.2) is 15.0 Å². The molecule has 0 aliphatic heterocycles. The molecule has 0 unspecified atom stereocenters. The van der Waals surface area contributed by atoms with E-state index in [1.807, 2.05) is 43.3 Å². The van der Waals surface area contributed by atoms with Crippen molar-refractivity contribution in [2.45, 2.75) is 20.3 Å². The molecule has 0 amide bonds. The van der Waals surface area contributed by atoms with Gasteiger partial charge in [-0.1, -0.05) is 24.3 Å². The molecule has 0 atom stereocenters. The quantitative estimate of drug-likeness (QED) is 0.450. The molecule has 4 rings (SSSR count). The second-order valence-corrected chi connectivity index (χ2v) is 7.25. The number of nitrogens with one attached hydrogen (secondary N) is 1. The summed E-state index contributed by atoms with van der Waals surface area (Å²) in [5, 5.41) is 5.31. The van der Waals surface area contributed by atoms with Crippen LogP contribution in [0, 0.1) is 6.92 Å². The molecule has 0 aliphatic carbocycles. The number of anilines is 2. The van der Waals surface area contributed by atoms with Crippen molar-refractivity contribution in [1.29, 1.82) is 0 Å². The van der Waals surface area contributed by atoms with E-state index in [0.29, 0.717) is 24.5 Å². The van der Waals surface area contributed by atoms with E-state index in [-0.39, 0.29) is 11.7 Å². The Bertz CT molecular complexity index is 1260. The van der Waals surface area contributed by atoms with Crippen LogP contribution in [0.4, 0.5) is 11.6 Å². The number of nitrogens with zero attached hydrogens (tertiary/aromatic N) is 3. The lowest BCUT2D eigenvalue weighted by atomic mass is 10.0. The number of pyridine rings is 1. The van der Waals surface area contributed by atoms with Crippen molar-refractivity contribution in [3.05, 3.63) is 66.5 Å². The molecular weight excluding hydrogens is 390 g/mol. The molecule has 0 bridgehead atoms. The minimum absolute atomic E-state index is 0.153. The van der Waals surface area contributed by atoms with E-state index in [4.69, 9.17) is 10.5 Å². The zero-order valence-corrected chi connectivity index (χ0v) is 17.4. The van der Waals surface area contributed by atoms with Gasteiger partial charge in [-0.3, -0.25) is 4.79 Å². The lowest BCUT2D eigenvalue weighted by molar-refractivity contribution is -0.116. The third-order valence-corrected chi connectivity index (χ3v) is 4.92. The minimum Gasteiger partial charge on any atom is -0.437 e. The fourth-order valence-electron chi connectivity index (χ4n) is 3.39. The number of rotatable bonds is 7. The average molecular weight is 413 g/mol. The van der Waals surface area contributed by atoms with Crippen LogP contribution in [0.15, 0.2) is 60.9 Å². The highest BCUT2D eigenvalue weighted by Crippen LogP contribution is 2.38. The number of aryl methyl sites for hydroxylation is 1. The van der Waals surface area contributed by atoms with Crippen LogP contribution in [0.5, 0.6) is 11.6 Å². The molecule has 2 aromatic carbocycles. The Morgan fingerprint density at radius 1 is 1.03 bits per heavy atom. The lowest BCUT2D eigenvalue weighted by Crippen LogP contribution is -2.06. The van der Waals surface area contributed by atoms with Crippen LogP contribution in [-0.4, -0.2) is 27.3 Å². The monoisotopic (exact) mass is 413 g/mol. The molecule has 7 heteroatoms. The van der Waals surface area contributed by atoms with E-state index >= 15 is 0 Å². The van der Waals surface area contributed by atoms with Crippen LogP contribution >= 0.6 is 0 Å². The van der Waals surface area contributed by atoms with Crippen molar-refractivity contribution in [3.63, 3.8) is 0 Å². The number of hydrogen-bond donors (Lipinski definition) is 2. The minimum atomic E-state index is 0.153. The maximum absolute atomic E-state index is 11.3. The summed E-state index contributed by atoms with van der Waals surface area (Å²) >= 11 is 0. The third kappa shape index (κ3) is 4.45. The van der Waals surface area contributed by atoms with E-state index in [2.05, 4.69) is 26.3 Å². The normalized spacial score (nSPS) is 10.8. The number of carbonyl (C=O) groups excluding carboxylic acids is 1. The molecule has 4 aromatic rings. The zero-order valence-electron chi connectivity index (χ0n) is 17.4. The van der Waals surface area contributed by atoms with Gasteiger partial charge < -0.3 is 15.8 Å². The van der Waals surface area contributed by atoms with Gasteiger partial charge in [-0.15, -0.1) is 0 Å². The van der Waals surface area contributed by atoms with E-state index < -0.39 is 0 Å². The number of ketones is 1. The Morgan fingerprint density at radius 2 is 1.90 bits per heavy atom. The number of nitrogen functional groups attached to an aromatic ring is 1. The van der Waals surface area contributed by atoms with Gasteiger partial charge in [0, 0.05) is 41.8 Å². The van der Waals surface area contributed by atoms with Crippen molar-refractivity contribution < 1.29 is 9.53 Å². The molecule has 2 heterocycles. The van der Waals surface area contributed by atoms with Crippen molar-refractivity contribution in [3.8, 4) is 22.9 Å². The van der Waals surface area contributed by atoms with Crippen LogP contribution in [0.2, 0.25) is 0 Å². The van der Waals surface area contributed by atoms with Gasteiger partial charge in [-0.2, -0.15) is 0 Å². The summed E-state index contributed by atoms with van der Waals surface area (Å²) in [6.45, 7) is 4.17. The summed E-state index contributed by atoms with van der Waals surface area (Å²) in [6, 6.07) is 15.5. The van der Waals surface area contributed by atoms with Gasteiger partial charge in [0.1, 0.15) is 11.5 Å². The van der Waals surface area contributed by atoms with Gasteiger partial charge in [-0.05, 0) is 43.7 Å². The topological polar surface area (TPSA) is 103 Å². The average Bonchev–Trinajstić information content (AvgIpc) is 2.76. The van der Waals surface area contributed by atoms with Crippen LogP contribution in [0.3, 0.4) is 0 Å². The molecule has 0 spiro atoms. The number of carbonyl (C=O) groups is 1. The van der Waals surface area contributed by atoms with Crippen LogP contribution in [0.1, 0.15) is 18.9 Å². The van der Waals surface area contributed by atoms with E-state index in [1.54, 1.807) is 25.4 Å². The first-order chi connectivity index (χ1) is 15.0. The highest BCUT2D eigenvalue weighted by Gasteiger charge is 2.15. The number of Topliss-reactive ketones (excluding diaryl/α,β-unsaturated/α-hetero) is 1. The Balaban J connectivity index is 1.74. The Labute approximate surface area is 180 Å². The van der Waals surface area contributed by atoms with E-state index in [0.717, 1.165) is 33.3 Å². The molecule has 31 heavy (non-hydrogen) atoms.